The van der Waals surface area contributed by atoms with Crippen LogP contribution in [0, 0.1) is 18.8 Å². The number of fused-ring (bicyclic) bond motifs is 1. The van der Waals surface area contributed by atoms with Crippen molar-refractivity contribution in [2.24, 2.45) is 11.8 Å². The molecule has 3 nitrogen and oxygen atoms in total. The van der Waals surface area contributed by atoms with Gasteiger partial charge >= 0.3 is 0 Å². The smallest absolute Gasteiger partial charge is 0.238 e. The lowest BCUT2D eigenvalue weighted by Gasteiger charge is -2.41. The Morgan fingerprint density at radius 3 is 2.86 bits per heavy atom. The Morgan fingerprint density at radius 1 is 1.24 bits per heavy atom. The fraction of sp³-hybridized carbons (Fsp3) is 0.611. The molecule has 2 fully saturated rings. The van der Waals surface area contributed by atoms with Gasteiger partial charge in [0.1, 0.15) is 0 Å². The Balaban J connectivity index is 1.51. The predicted molar refractivity (Wildman–Crippen MR) is 86.3 cm³/mol. The molecule has 3 heteroatoms. The van der Waals surface area contributed by atoms with Crippen molar-refractivity contribution in [1.29, 1.82) is 0 Å². The van der Waals surface area contributed by atoms with Gasteiger partial charge < -0.3 is 5.32 Å². The van der Waals surface area contributed by atoms with Crippen molar-refractivity contribution < 1.29 is 4.79 Å². The van der Waals surface area contributed by atoms with Crippen LogP contribution < -0.4 is 5.32 Å². The molecule has 1 saturated carbocycles. The summed E-state index contributed by atoms with van der Waals surface area (Å²) < 4.78 is 0. The van der Waals surface area contributed by atoms with Gasteiger partial charge in [-0.05, 0) is 55.8 Å². The van der Waals surface area contributed by atoms with Crippen LogP contribution >= 0.6 is 0 Å². The number of amides is 1. The highest BCUT2D eigenvalue weighted by atomic mass is 16.2. The van der Waals surface area contributed by atoms with Crippen LogP contribution in [0.3, 0.4) is 0 Å². The van der Waals surface area contributed by atoms with Crippen molar-refractivity contribution in [3.8, 4) is 0 Å². The largest absolute Gasteiger partial charge is 0.325 e. The minimum atomic E-state index is 0.120. The number of benzene rings is 1. The number of rotatable bonds is 3. The average Bonchev–Trinajstić information content (AvgIpc) is 2.47. The molecule has 2 aliphatic rings. The molecule has 0 unspecified atom stereocenters. The van der Waals surface area contributed by atoms with Gasteiger partial charge in [0, 0.05) is 12.2 Å². The first kappa shape index (κ1) is 14.6. The lowest BCUT2D eigenvalue weighted by atomic mass is 9.75. The monoisotopic (exact) mass is 286 g/mol. The molecule has 0 bridgehead atoms. The molecule has 1 saturated heterocycles. The topological polar surface area (TPSA) is 32.3 Å². The number of nitrogens with one attached hydrogen (secondary N) is 1. The van der Waals surface area contributed by atoms with Crippen molar-refractivity contribution in [3.63, 3.8) is 0 Å². The molecule has 1 aliphatic heterocycles. The second-order valence-corrected chi connectivity index (χ2v) is 6.75. The van der Waals surface area contributed by atoms with Gasteiger partial charge in [-0.1, -0.05) is 31.4 Å². The Kier molecular flexibility index (Phi) is 4.59. The van der Waals surface area contributed by atoms with E-state index in [9.17, 15) is 4.79 Å². The fourth-order valence-electron chi connectivity index (χ4n) is 3.95. The van der Waals surface area contributed by atoms with E-state index in [0.717, 1.165) is 30.6 Å². The van der Waals surface area contributed by atoms with Crippen LogP contribution in [-0.2, 0) is 4.79 Å². The van der Waals surface area contributed by atoms with E-state index in [-0.39, 0.29) is 5.91 Å². The van der Waals surface area contributed by atoms with E-state index >= 15 is 0 Å². The third-order valence-corrected chi connectivity index (χ3v) is 5.04. The van der Waals surface area contributed by atoms with Crippen molar-refractivity contribution in [3.05, 3.63) is 29.8 Å². The van der Waals surface area contributed by atoms with Gasteiger partial charge in [-0.3, -0.25) is 9.69 Å². The first-order valence-corrected chi connectivity index (χ1v) is 8.29. The molecule has 0 spiro atoms. The number of aryl methyl sites for hydroxylation is 1. The van der Waals surface area contributed by atoms with E-state index in [0.29, 0.717) is 6.54 Å². The number of carbonyl (C=O) groups excluding carboxylic acids is 1. The van der Waals surface area contributed by atoms with Crippen molar-refractivity contribution in [1.82, 2.24) is 4.90 Å². The van der Waals surface area contributed by atoms with Crippen LogP contribution in [0.25, 0.3) is 0 Å². The molecule has 1 aromatic carbocycles. The minimum absolute atomic E-state index is 0.120. The van der Waals surface area contributed by atoms with Gasteiger partial charge in [-0.2, -0.15) is 0 Å². The molecule has 2 atom stereocenters. The highest BCUT2D eigenvalue weighted by molar-refractivity contribution is 5.92. The Bertz CT molecular complexity index is 500. The van der Waals surface area contributed by atoms with E-state index < -0.39 is 0 Å². The molecule has 1 N–H and O–H groups in total. The first-order chi connectivity index (χ1) is 10.2. The van der Waals surface area contributed by atoms with E-state index in [2.05, 4.69) is 10.2 Å². The van der Waals surface area contributed by atoms with Gasteiger partial charge in [0.2, 0.25) is 5.91 Å². The number of nitrogens with zero attached hydrogens (tertiary/aromatic N) is 1. The second-order valence-electron chi connectivity index (χ2n) is 6.75. The second kappa shape index (κ2) is 6.61. The zero-order valence-electron chi connectivity index (χ0n) is 13.0. The molecule has 1 heterocycles. The van der Waals surface area contributed by atoms with Crippen molar-refractivity contribution in [2.75, 3.05) is 25.0 Å². The SMILES string of the molecule is Cc1cccc(NC(=O)CN2CC[C@@H]3CCCC[C@@H]3C2)c1. The van der Waals surface area contributed by atoms with Gasteiger partial charge in [-0.25, -0.2) is 0 Å². The summed E-state index contributed by atoms with van der Waals surface area (Å²) >= 11 is 0. The van der Waals surface area contributed by atoms with Gasteiger partial charge in [0.05, 0.1) is 6.54 Å². The number of anilines is 1. The summed E-state index contributed by atoms with van der Waals surface area (Å²) in [5.41, 5.74) is 2.09. The van der Waals surface area contributed by atoms with Gasteiger partial charge in [0.15, 0.2) is 0 Å². The van der Waals surface area contributed by atoms with E-state index in [1.807, 2.05) is 31.2 Å². The standard InChI is InChI=1S/C18H26N2O/c1-14-5-4-8-17(11-14)19-18(21)13-20-10-9-15-6-2-3-7-16(15)12-20/h4-5,8,11,15-16H,2-3,6-7,9-10,12-13H2,1H3,(H,19,21)/t15-,16+/m0/s1. The molecular formula is C18H26N2O. The van der Waals surface area contributed by atoms with Crippen LogP contribution in [0.1, 0.15) is 37.7 Å². The zero-order chi connectivity index (χ0) is 14.7. The first-order valence-electron chi connectivity index (χ1n) is 8.29. The summed E-state index contributed by atoms with van der Waals surface area (Å²) in [4.78, 5) is 14.5. The van der Waals surface area contributed by atoms with Crippen molar-refractivity contribution in [2.45, 2.75) is 39.0 Å². The third kappa shape index (κ3) is 3.85. The number of hydrogen-bond donors (Lipinski definition) is 1. The summed E-state index contributed by atoms with van der Waals surface area (Å²) in [5, 5.41) is 3.02. The Hall–Kier alpha value is -1.35. The number of piperidine rings is 1. The number of likely N-dealkylation sites (tertiary alicyclic amines) is 1. The summed E-state index contributed by atoms with van der Waals surface area (Å²) in [5.74, 6) is 1.88. The zero-order valence-corrected chi connectivity index (χ0v) is 13.0. The molecular weight excluding hydrogens is 260 g/mol. The van der Waals surface area contributed by atoms with Crippen LogP contribution in [0.15, 0.2) is 24.3 Å². The normalized spacial score (nSPS) is 26.1. The molecule has 1 aliphatic carbocycles. The van der Waals surface area contributed by atoms with Crippen LogP contribution in [0.2, 0.25) is 0 Å². The highest BCUT2D eigenvalue weighted by Crippen LogP contribution is 2.35. The van der Waals surface area contributed by atoms with E-state index in [1.54, 1.807) is 0 Å². The van der Waals surface area contributed by atoms with E-state index in [4.69, 9.17) is 0 Å². The van der Waals surface area contributed by atoms with E-state index in [1.165, 1.54) is 37.7 Å². The van der Waals surface area contributed by atoms with Gasteiger partial charge in [0.25, 0.3) is 0 Å². The highest BCUT2D eigenvalue weighted by Gasteiger charge is 2.31. The Morgan fingerprint density at radius 2 is 2.05 bits per heavy atom. The minimum Gasteiger partial charge on any atom is -0.325 e. The summed E-state index contributed by atoms with van der Waals surface area (Å²) in [6, 6.07) is 8.01. The maximum atomic E-state index is 12.2. The number of carbonyl (C=O) groups is 1. The quantitative estimate of drug-likeness (QED) is 0.923. The van der Waals surface area contributed by atoms with Crippen LogP contribution in [-0.4, -0.2) is 30.4 Å². The predicted octanol–water partition coefficient (Wildman–Crippen LogP) is 3.45. The van der Waals surface area contributed by atoms with Crippen LogP contribution in [0.5, 0.6) is 0 Å². The summed E-state index contributed by atoms with van der Waals surface area (Å²) in [6.07, 6.45) is 6.84. The third-order valence-electron chi connectivity index (χ3n) is 5.04. The fourth-order valence-corrected chi connectivity index (χ4v) is 3.95. The molecule has 1 aromatic rings. The lowest BCUT2D eigenvalue weighted by Crippen LogP contribution is -2.44. The molecule has 3 rings (SSSR count). The van der Waals surface area contributed by atoms with Gasteiger partial charge in [-0.15, -0.1) is 0 Å². The Labute approximate surface area is 127 Å². The number of hydrogen-bond acceptors (Lipinski definition) is 2. The molecule has 21 heavy (non-hydrogen) atoms. The summed E-state index contributed by atoms with van der Waals surface area (Å²) in [7, 11) is 0. The lowest BCUT2D eigenvalue weighted by molar-refractivity contribution is -0.118. The summed E-state index contributed by atoms with van der Waals surface area (Å²) in [6.45, 7) is 4.79. The molecule has 0 aromatic heterocycles. The molecule has 114 valence electrons. The average molecular weight is 286 g/mol. The van der Waals surface area contributed by atoms with Crippen molar-refractivity contribution >= 4 is 11.6 Å². The molecule has 1 amide bonds. The maximum absolute atomic E-state index is 12.2. The van der Waals surface area contributed by atoms with Crippen LogP contribution in [0.4, 0.5) is 5.69 Å². The molecule has 0 radical (unpaired) electrons. The maximum Gasteiger partial charge on any atom is 0.238 e.